The van der Waals surface area contributed by atoms with Crippen molar-refractivity contribution in [2.45, 2.75) is 32.0 Å². The minimum Gasteiger partial charge on any atom is -0.300 e. The molecule has 6 heteroatoms. The fraction of sp³-hybridized carbons (Fsp3) is 0.625. The molecule has 0 radical (unpaired) electrons. The maximum Gasteiger partial charge on any atom is 0.199 e. The number of piperazine rings is 1. The van der Waals surface area contributed by atoms with Crippen LogP contribution in [0.2, 0.25) is 0 Å². The Morgan fingerprint density at radius 3 is 2.55 bits per heavy atom. The van der Waals surface area contributed by atoms with Crippen LogP contribution in [0.25, 0.3) is 0 Å². The van der Waals surface area contributed by atoms with Gasteiger partial charge in [-0.2, -0.15) is 5.10 Å². The van der Waals surface area contributed by atoms with E-state index >= 15 is 0 Å². The maximum atomic E-state index is 5.61. The van der Waals surface area contributed by atoms with Gasteiger partial charge in [0.05, 0.1) is 13.2 Å². The first kappa shape index (κ1) is 15.5. The van der Waals surface area contributed by atoms with E-state index < -0.39 is 0 Å². The zero-order chi connectivity index (χ0) is 15.5. The van der Waals surface area contributed by atoms with Gasteiger partial charge >= 0.3 is 0 Å². The highest BCUT2D eigenvalue weighted by Gasteiger charge is 2.30. The predicted molar refractivity (Wildman–Crippen MR) is 90.1 cm³/mol. The largest absolute Gasteiger partial charge is 0.300 e. The van der Waals surface area contributed by atoms with Crippen molar-refractivity contribution in [2.24, 2.45) is 0 Å². The van der Waals surface area contributed by atoms with Crippen molar-refractivity contribution in [1.82, 2.24) is 24.1 Å². The molecule has 1 saturated heterocycles. The summed E-state index contributed by atoms with van der Waals surface area (Å²) in [7, 11) is 0. The van der Waals surface area contributed by atoms with Gasteiger partial charge in [-0.3, -0.25) is 14.4 Å². The second kappa shape index (κ2) is 6.78. The van der Waals surface area contributed by atoms with Crippen LogP contribution < -0.4 is 0 Å². The molecule has 1 aromatic rings. The first-order valence-corrected chi connectivity index (χ1v) is 8.30. The van der Waals surface area contributed by atoms with E-state index in [2.05, 4.69) is 26.9 Å². The molecule has 0 aromatic carbocycles. The molecule has 5 nitrogen and oxygen atoms in total. The summed E-state index contributed by atoms with van der Waals surface area (Å²) in [6.07, 6.45) is 9.73. The molecule has 22 heavy (non-hydrogen) atoms. The topological polar surface area (TPSA) is 29.2 Å². The first-order valence-electron chi connectivity index (χ1n) is 7.89. The molecule has 118 valence electrons. The van der Waals surface area contributed by atoms with Gasteiger partial charge in [0.2, 0.25) is 0 Å². The zero-order valence-corrected chi connectivity index (χ0v) is 13.8. The van der Waals surface area contributed by atoms with Crippen LogP contribution in [0.15, 0.2) is 12.7 Å². The van der Waals surface area contributed by atoms with E-state index in [0.29, 0.717) is 5.92 Å². The molecule has 1 aliphatic heterocycles. The van der Waals surface area contributed by atoms with E-state index in [1.807, 2.05) is 10.8 Å². The summed E-state index contributed by atoms with van der Waals surface area (Å²) >= 11 is 5.61. The van der Waals surface area contributed by atoms with E-state index in [1.54, 1.807) is 0 Å². The van der Waals surface area contributed by atoms with Gasteiger partial charge in [0.1, 0.15) is 5.82 Å². The van der Waals surface area contributed by atoms with E-state index in [9.17, 15) is 0 Å². The molecule has 0 spiro atoms. The fourth-order valence-electron chi connectivity index (χ4n) is 2.90. The lowest BCUT2D eigenvalue weighted by atomic mass is 10.3. The van der Waals surface area contributed by atoms with Crippen molar-refractivity contribution in [3.05, 3.63) is 23.3 Å². The van der Waals surface area contributed by atoms with E-state index in [4.69, 9.17) is 23.7 Å². The van der Waals surface area contributed by atoms with Crippen molar-refractivity contribution in [3.63, 3.8) is 0 Å². The Balaban J connectivity index is 1.68. The number of aromatic nitrogens is 3. The Labute approximate surface area is 137 Å². The number of terminal acetylenes is 1. The van der Waals surface area contributed by atoms with Crippen molar-refractivity contribution in [3.8, 4) is 12.3 Å². The zero-order valence-electron chi connectivity index (χ0n) is 12.9. The molecular formula is C16H23N5S. The van der Waals surface area contributed by atoms with Gasteiger partial charge in [0.25, 0.3) is 0 Å². The average Bonchev–Trinajstić information content (AvgIpc) is 3.31. The molecule has 0 unspecified atom stereocenters. The highest BCUT2D eigenvalue weighted by atomic mass is 32.1. The number of allylic oxidation sites excluding steroid dienone is 1. The standard InChI is InChI=1S/C16H23N5S/c1-3-7-18-9-11-19(12-10-18)13-21-16(22)20(8-4-2)15(17-21)14-5-6-14/h1,4,14H,2,5-13H2. The summed E-state index contributed by atoms with van der Waals surface area (Å²) in [5.41, 5.74) is 0. The molecule has 0 N–H and O–H groups in total. The molecule has 0 amide bonds. The van der Waals surface area contributed by atoms with Crippen LogP contribution in [0.5, 0.6) is 0 Å². The molecule has 2 aliphatic rings. The fourth-order valence-corrected chi connectivity index (χ4v) is 3.17. The molecule has 2 heterocycles. The van der Waals surface area contributed by atoms with Crippen molar-refractivity contribution in [2.75, 3.05) is 32.7 Å². The van der Waals surface area contributed by atoms with Gasteiger partial charge < -0.3 is 0 Å². The van der Waals surface area contributed by atoms with Gasteiger partial charge in [-0.05, 0) is 25.1 Å². The molecule has 1 saturated carbocycles. The SMILES string of the molecule is C#CCN1CCN(Cn2nc(C3CC3)n(CC=C)c2=S)CC1. The second-order valence-corrected chi connectivity index (χ2v) is 6.42. The summed E-state index contributed by atoms with van der Waals surface area (Å²) in [6.45, 7) is 10.1. The van der Waals surface area contributed by atoms with Gasteiger partial charge in [0, 0.05) is 38.6 Å². The average molecular weight is 317 g/mol. The Morgan fingerprint density at radius 1 is 1.27 bits per heavy atom. The molecular weight excluding hydrogens is 294 g/mol. The Bertz CT molecular complexity index is 626. The lowest BCUT2D eigenvalue weighted by Gasteiger charge is -2.33. The molecule has 0 bridgehead atoms. The highest BCUT2D eigenvalue weighted by molar-refractivity contribution is 7.71. The van der Waals surface area contributed by atoms with Gasteiger partial charge in [-0.25, -0.2) is 4.68 Å². The first-order chi connectivity index (χ1) is 10.7. The van der Waals surface area contributed by atoms with Crippen LogP contribution in [0.1, 0.15) is 24.6 Å². The predicted octanol–water partition coefficient (Wildman–Crippen LogP) is 1.69. The van der Waals surface area contributed by atoms with Crippen LogP contribution in [-0.2, 0) is 13.2 Å². The Kier molecular flexibility index (Phi) is 4.77. The minimum absolute atomic E-state index is 0.593. The summed E-state index contributed by atoms with van der Waals surface area (Å²) < 4.78 is 4.92. The van der Waals surface area contributed by atoms with E-state index in [-0.39, 0.29) is 0 Å². The summed E-state index contributed by atoms with van der Waals surface area (Å²) in [4.78, 5) is 4.70. The van der Waals surface area contributed by atoms with Crippen LogP contribution in [0.4, 0.5) is 0 Å². The summed E-state index contributed by atoms with van der Waals surface area (Å²) in [5, 5.41) is 4.78. The lowest BCUT2D eigenvalue weighted by molar-refractivity contribution is 0.111. The van der Waals surface area contributed by atoms with Crippen molar-refractivity contribution in [1.29, 1.82) is 0 Å². The van der Waals surface area contributed by atoms with Gasteiger partial charge in [0.15, 0.2) is 4.77 Å². The summed E-state index contributed by atoms with van der Waals surface area (Å²) in [5.74, 6) is 4.44. The normalized spacial score (nSPS) is 20.0. The smallest absolute Gasteiger partial charge is 0.199 e. The van der Waals surface area contributed by atoms with Crippen LogP contribution in [-0.4, -0.2) is 56.9 Å². The summed E-state index contributed by atoms with van der Waals surface area (Å²) in [6, 6.07) is 0. The van der Waals surface area contributed by atoms with Crippen molar-refractivity contribution >= 4 is 12.2 Å². The van der Waals surface area contributed by atoms with Crippen LogP contribution in [0, 0.1) is 17.1 Å². The molecule has 2 fully saturated rings. The highest BCUT2D eigenvalue weighted by Crippen LogP contribution is 2.39. The number of hydrogen-bond donors (Lipinski definition) is 0. The van der Waals surface area contributed by atoms with Crippen LogP contribution >= 0.6 is 12.2 Å². The van der Waals surface area contributed by atoms with Gasteiger partial charge in [-0.15, -0.1) is 13.0 Å². The lowest BCUT2D eigenvalue weighted by Crippen LogP contribution is -2.46. The Morgan fingerprint density at radius 2 is 1.95 bits per heavy atom. The third-order valence-corrected chi connectivity index (χ3v) is 4.75. The minimum atomic E-state index is 0.593. The van der Waals surface area contributed by atoms with Gasteiger partial charge in [-0.1, -0.05) is 12.0 Å². The molecule has 3 rings (SSSR count). The number of nitrogens with zero attached hydrogens (tertiary/aromatic N) is 5. The third-order valence-electron chi connectivity index (χ3n) is 4.32. The quantitative estimate of drug-likeness (QED) is 0.454. The van der Waals surface area contributed by atoms with Crippen LogP contribution in [0.3, 0.4) is 0 Å². The van der Waals surface area contributed by atoms with E-state index in [1.165, 1.54) is 12.8 Å². The number of hydrogen-bond acceptors (Lipinski definition) is 4. The number of rotatable bonds is 6. The maximum absolute atomic E-state index is 5.61. The second-order valence-electron chi connectivity index (χ2n) is 6.05. The molecule has 1 aromatic heterocycles. The molecule has 1 aliphatic carbocycles. The van der Waals surface area contributed by atoms with Crippen molar-refractivity contribution < 1.29 is 0 Å². The third kappa shape index (κ3) is 3.32. The molecule has 0 atom stereocenters. The Hall–Kier alpha value is -1.42. The van der Waals surface area contributed by atoms with E-state index in [0.717, 1.165) is 56.5 Å². The monoisotopic (exact) mass is 317 g/mol.